The molecule has 1 spiro atoms. The van der Waals surface area contributed by atoms with Crippen molar-refractivity contribution < 1.29 is 79.5 Å². The van der Waals surface area contributed by atoms with Crippen molar-refractivity contribution in [2.24, 2.45) is 35.5 Å². The molecule has 3 aliphatic heterocycles. The van der Waals surface area contributed by atoms with E-state index in [0.29, 0.717) is 44.9 Å². The van der Waals surface area contributed by atoms with E-state index in [2.05, 4.69) is 16.0 Å². The molecule has 13 atom stereocenters. The molecule has 107 heavy (non-hydrogen) atoms. The summed E-state index contributed by atoms with van der Waals surface area (Å²) in [6.07, 6.45) is 2.35. The zero-order chi connectivity index (χ0) is 79.5. The normalized spacial score (nSPS) is 30.8. The number of nitrogens with one attached hydrogen (secondary N) is 3. The summed E-state index contributed by atoms with van der Waals surface area (Å²) in [5.41, 5.74) is -1.73. The van der Waals surface area contributed by atoms with E-state index in [-0.39, 0.29) is 115 Å². The lowest BCUT2D eigenvalue weighted by atomic mass is 9.78. The minimum absolute atomic E-state index is 0.0121. The van der Waals surface area contributed by atoms with Gasteiger partial charge >= 0.3 is 6.18 Å². The van der Waals surface area contributed by atoms with E-state index in [9.17, 15) is 46.7 Å². The second kappa shape index (κ2) is 38.0. The van der Waals surface area contributed by atoms with Gasteiger partial charge in [-0.25, -0.2) is 8.78 Å². The van der Waals surface area contributed by atoms with Crippen molar-refractivity contribution in [1.82, 2.24) is 64.9 Å². The van der Waals surface area contributed by atoms with Crippen LogP contribution in [-0.4, -0.2) is 293 Å². The average molecular weight is 1540 g/mol. The number of likely N-dealkylation sites (tertiary alicyclic amines) is 1. The van der Waals surface area contributed by atoms with E-state index in [1.807, 2.05) is 20.8 Å². The summed E-state index contributed by atoms with van der Waals surface area (Å²) in [6, 6.07) is -11.7. The van der Waals surface area contributed by atoms with E-state index in [1.54, 1.807) is 6.92 Å². The molecule has 7 fully saturated rings. The van der Waals surface area contributed by atoms with Crippen LogP contribution in [0.3, 0.4) is 0 Å². The zero-order valence-electron chi connectivity index (χ0n) is 65.8. The summed E-state index contributed by atoms with van der Waals surface area (Å²) < 4.78 is 72.7. The molecule has 0 aromatic rings. The maximum Gasteiger partial charge on any atom is 0.393 e. The molecule has 606 valence electrons. The fourth-order valence-electron chi connectivity index (χ4n) is 17.5. The summed E-state index contributed by atoms with van der Waals surface area (Å²) in [5.74, 6) is -14.9. The molecule has 0 aromatic carbocycles. The number of carbonyl (C=O) groups is 12. The van der Waals surface area contributed by atoms with Crippen LogP contribution in [0.4, 0.5) is 22.0 Å². The molecule has 12 amide bonds. The lowest BCUT2D eigenvalue weighted by Gasteiger charge is -2.45. The van der Waals surface area contributed by atoms with E-state index in [0.717, 1.165) is 46.8 Å². The first-order valence-electron chi connectivity index (χ1n) is 39.2. The van der Waals surface area contributed by atoms with Crippen LogP contribution in [0.25, 0.3) is 0 Å². The summed E-state index contributed by atoms with van der Waals surface area (Å²) in [6.45, 7) is 7.69. The highest BCUT2D eigenvalue weighted by Gasteiger charge is 2.53. The maximum atomic E-state index is 15.8. The number of carbonyl (C=O) groups excluding carboxylic acids is 12. The van der Waals surface area contributed by atoms with Gasteiger partial charge < -0.3 is 60.0 Å². The number of likely N-dealkylation sites (N-methyl/N-ethyl adjacent to an activating group) is 8. The van der Waals surface area contributed by atoms with Gasteiger partial charge in [-0.05, 0) is 133 Å². The van der Waals surface area contributed by atoms with Crippen molar-refractivity contribution in [3.8, 4) is 0 Å². The van der Waals surface area contributed by atoms with Gasteiger partial charge in [0.2, 0.25) is 70.9 Å². The third-order valence-electron chi connectivity index (χ3n) is 24.7. The van der Waals surface area contributed by atoms with Crippen LogP contribution in [0.5, 0.6) is 0 Å². The molecular weight excluding hydrogens is 1420 g/mol. The van der Waals surface area contributed by atoms with Crippen molar-refractivity contribution in [2.75, 3.05) is 96.2 Å². The summed E-state index contributed by atoms with van der Waals surface area (Å²) in [7, 11) is 12.7. The van der Waals surface area contributed by atoms with Crippen molar-refractivity contribution in [3.63, 3.8) is 0 Å². The Hall–Kier alpha value is -6.46. The molecule has 3 N–H and O–H groups in total. The Morgan fingerprint density at radius 1 is 0.626 bits per heavy atom. The first-order chi connectivity index (χ1) is 50.1. The van der Waals surface area contributed by atoms with Crippen LogP contribution in [0, 0.1) is 35.5 Å². The number of nitrogens with zero attached hydrogens (tertiary/aromatic N) is 10. The van der Waals surface area contributed by atoms with Crippen LogP contribution < -0.4 is 16.0 Å². The Labute approximate surface area is 634 Å². The fraction of sp³-hybridized carbons (Fsp3) is 0.842. The first-order valence-corrected chi connectivity index (χ1v) is 39.7. The molecule has 3 heterocycles. The minimum Gasteiger partial charge on any atom is -0.347 e. The molecule has 4 saturated carbocycles. The monoisotopic (exact) mass is 1540 g/mol. The average Bonchev–Trinajstić information content (AvgIpc) is 1.75. The molecule has 3 unspecified atom stereocenters. The first kappa shape index (κ1) is 87.8. The minimum atomic E-state index is -4.56. The third kappa shape index (κ3) is 21.8. The number of hydrogen-bond donors (Lipinski definition) is 3. The standard InChI is InChI=1S/C76H123ClF5N13O12/c1-15-47(4)62-71(105)88(9)48(5)66(100)95-39-33-56(95)70(104)91(12)58(42-49-24-17-16-18-25-49)69(103)87(8)44-60(96)83-54(31-29-50-28-30-52(53(77)41-50)76(80,81)82)67(101)90(11)55(32-38-94-37-23-36-75(78,79)45-94)65(99)85-74(34-21-22-35-74)73(107)93(14)63(51-26-19-20-27-51)72(106)92(13)59(68(102)86(6)7)43-61(97)89(10)57(40-46(2)3)64(98)84-62/h46-59,62-63H,15-45H2,1-14H3,(H,83,96)(H,84,98)(H,85,99)/t47-,48-,50?,52?,53?,54-,55-,56-,57-,58-,59-,62-,63-/m0/s1. The van der Waals surface area contributed by atoms with Gasteiger partial charge in [-0.1, -0.05) is 91.9 Å². The smallest absolute Gasteiger partial charge is 0.347 e. The highest BCUT2D eigenvalue weighted by molar-refractivity contribution is 6.21. The van der Waals surface area contributed by atoms with Crippen molar-refractivity contribution in [3.05, 3.63) is 0 Å². The largest absolute Gasteiger partial charge is 0.393 e. The Morgan fingerprint density at radius 3 is 1.82 bits per heavy atom. The maximum absolute atomic E-state index is 15.8. The molecule has 0 bridgehead atoms. The van der Waals surface area contributed by atoms with Gasteiger partial charge in [0.1, 0.15) is 59.9 Å². The number of halogens is 6. The number of piperidine rings is 1. The Balaban J connectivity index is 1.32. The molecule has 3 saturated heterocycles. The fourth-order valence-corrected chi connectivity index (χ4v) is 18.0. The molecule has 7 rings (SSSR count). The summed E-state index contributed by atoms with van der Waals surface area (Å²) >= 11 is 6.44. The zero-order valence-corrected chi connectivity index (χ0v) is 66.6. The number of fused-ring (bicyclic) bond motifs is 1. The lowest BCUT2D eigenvalue weighted by molar-refractivity contribution is -0.182. The Morgan fingerprint density at radius 2 is 1.25 bits per heavy atom. The lowest BCUT2D eigenvalue weighted by Crippen LogP contribution is -2.65. The van der Waals surface area contributed by atoms with E-state index >= 15 is 32.8 Å². The number of hydrogen-bond acceptors (Lipinski definition) is 13. The molecular formula is C76H123ClF5N13O12. The number of alkyl halides is 6. The predicted octanol–water partition coefficient (Wildman–Crippen LogP) is 6.66. The highest BCUT2D eigenvalue weighted by atomic mass is 35.5. The van der Waals surface area contributed by atoms with Crippen LogP contribution >= 0.6 is 11.6 Å². The van der Waals surface area contributed by atoms with E-state index in [4.69, 9.17) is 11.6 Å². The van der Waals surface area contributed by atoms with Gasteiger partial charge in [-0.15, -0.1) is 11.6 Å². The van der Waals surface area contributed by atoms with Crippen molar-refractivity contribution >= 4 is 82.5 Å². The molecule has 0 aromatic heterocycles. The Bertz CT molecular complexity index is 3150. The SMILES string of the molecule is CC[C@H](C)[C@@H]1NC(=O)[C@H](CC(C)C)N(C)C(=O)C[C@@H](C(=O)N(C)C)N(C)C(=O)[C@H](C2CCCC2)N(C)C(=O)C2(CCCC2)NC(=O)[C@H](CCN2CCCC(F)(F)C2)N(C)C(=O)[C@H](CCC2CCC(C(F)(F)F)C(Cl)C2)NC(=O)CN(C)C(=O)[C@H](CC2CCCCC2)N(C)C(=O)[C@@H]2CCN2C(=O)[C@H](C)N(C)C1=O. The molecule has 31 heteroatoms. The van der Waals surface area contributed by atoms with E-state index < -0.39 is 191 Å². The summed E-state index contributed by atoms with van der Waals surface area (Å²) in [4.78, 5) is 194. The van der Waals surface area contributed by atoms with E-state index in [1.165, 1.54) is 105 Å². The molecule has 25 nitrogen and oxygen atoms in total. The molecule has 7 aliphatic rings. The van der Waals surface area contributed by atoms with Crippen LogP contribution in [0.1, 0.15) is 202 Å². The molecule has 4 aliphatic carbocycles. The van der Waals surface area contributed by atoms with Gasteiger partial charge in [0, 0.05) is 88.3 Å². The second-order valence-corrected chi connectivity index (χ2v) is 33.6. The van der Waals surface area contributed by atoms with Gasteiger partial charge in [-0.2, -0.15) is 13.2 Å². The van der Waals surface area contributed by atoms with Crippen LogP contribution in [-0.2, 0) is 57.5 Å². The number of amides is 12. The van der Waals surface area contributed by atoms with Crippen LogP contribution in [0.2, 0.25) is 0 Å². The quantitative estimate of drug-likeness (QED) is 0.121. The van der Waals surface area contributed by atoms with Crippen molar-refractivity contribution in [1.29, 1.82) is 0 Å². The highest BCUT2D eigenvalue weighted by Crippen LogP contribution is 2.44. The number of rotatable bonds is 14. The van der Waals surface area contributed by atoms with Gasteiger partial charge in [0.05, 0.1) is 25.4 Å². The van der Waals surface area contributed by atoms with Gasteiger partial charge in [0.25, 0.3) is 5.92 Å². The second-order valence-electron chi connectivity index (χ2n) is 33.0. The Kier molecular flexibility index (Phi) is 31.1. The third-order valence-corrected chi connectivity index (χ3v) is 25.2. The van der Waals surface area contributed by atoms with Gasteiger partial charge in [0.15, 0.2) is 0 Å². The van der Waals surface area contributed by atoms with Crippen molar-refractivity contribution in [2.45, 2.75) is 279 Å². The van der Waals surface area contributed by atoms with Crippen LogP contribution in [0.15, 0.2) is 0 Å². The predicted molar refractivity (Wildman–Crippen MR) is 392 cm³/mol. The molecule has 0 radical (unpaired) electrons. The topological polar surface area (TPSA) is 273 Å². The van der Waals surface area contributed by atoms with Gasteiger partial charge in [-0.3, -0.25) is 62.4 Å². The summed E-state index contributed by atoms with van der Waals surface area (Å²) in [5, 5.41) is 7.44.